The van der Waals surface area contributed by atoms with E-state index < -0.39 is 97.5 Å². The van der Waals surface area contributed by atoms with Crippen molar-refractivity contribution in [2.75, 3.05) is 13.2 Å². The van der Waals surface area contributed by atoms with Crippen LogP contribution in [0.15, 0.2) is 0 Å². The molecule has 0 bridgehead atoms. The normalized spacial score (nSPS) is 16.4. The first kappa shape index (κ1) is 34.3. The van der Waals surface area contributed by atoms with Crippen molar-refractivity contribution in [2.45, 2.75) is 69.6 Å². The van der Waals surface area contributed by atoms with Crippen LogP contribution in [0.5, 0.6) is 0 Å². The first-order chi connectivity index (χ1) is 17.7. The smallest absolute Gasteiger partial charge is 0.322 e. The molecule has 0 aromatic rings. The molecule has 0 aliphatic heterocycles. The molecule has 11 N–H and O–H groups in total. The Hall–Kier alpha value is -3.67. The summed E-state index contributed by atoms with van der Waals surface area (Å²) in [5.41, 5.74) is 10.7. The van der Waals surface area contributed by atoms with Gasteiger partial charge in [0.15, 0.2) is 0 Å². The highest BCUT2D eigenvalue weighted by Gasteiger charge is 2.41. The van der Waals surface area contributed by atoms with E-state index in [4.69, 9.17) is 21.3 Å². The standard InChI is InChI=1S/C21H35N5O12/c1-3-10(21(37)26-11(19(22)35)4-5-14(31)24-6-15(32)33)17(20(23)36)38-18(16(34)13(30)8-28)12(7-27)25-9(2)29/h7,10-13,16-18,28,30,34H,3-6,8H2,1-2H3,(H2,22,35)(H2,23,36)(H,24,31)(H,25,29)(H,26,37)(H,32,33)/t10?,11?,12-,13+,16+,17?,18+/m0/s1. The van der Waals surface area contributed by atoms with Crippen molar-refractivity contribution in [3.8, 4) is 0 Å². The van der Waals surface area contributed by atoms with Gasteiger partial charge in [-0.05, 0) is 12.8 Å². The lowest BCUT2D eigenvalue weighted by Crippen LogP contribution is -2.58. The zero-order chi connectivity index (χ0) is 29.6. The Balaban J connectivity index is 5.87. The van der Waals surface area contributed by atoms with Crippen molar-refractivity contribution in [1.29, 1.82) is 0 Å². The van der Waals surface area contributed by atoms with Gasteiger partial charge in [0.1, 0.15) is 49.3 Å². The van der Waals surface area contributed by atoms with Crippen molar-refractivity contribution >= 4 is 41.8 Å². The molecule has 0 heterocycles. The maximum atomic E-state index is 13.0. The lowest BCUT2D eigenvalue weighted by molar-refractivity contribution is -0.168. The van der Waals surface area contributed by atoms with Crippen LogP contribution in [0, 0.1) is 5.92 Å². The van der Waals surface area contributed by atoms with Crippen LogP contribution in [0.2, 0.25) is 0 Å². The number of rotatable bonds is 19. The van der Waals surface area contributed by atoms with Crippen molar-refractivity contribution in [3.05, 3.63) is 0 Å². The Labute approximate surface area is 217 Å². The number of hydrogen-bond donors (Lipinski definition) is 9. The molecule has 0 aromatic heterocycles. The number of carbonyl (C=O) groups is 7. The van der Waals surface area contributed by atoms with E-state index in [1.807, 2.05) is 0 Å². The number of primary amides is 2. The minimum absolute atomic E-state index is 0.136. The van der Waals surface area contributed by atoms with E-state index in [0.29, 0.717) is 0 Å². The van der Waals surface area contributed by atoms with E-state index in [-0.39, 0.29) is 19.1 Å². The molecule has 0 saturated heterocycles. The van der Waals surface area contributed by atoms with Gasteiger partial charge in [0.05, 0.1) is 12.5 Å². The molecule has 5 amide bonds. The van der Waals surface area contributed by atoms with Gasteiger partial charge < -0.3 is 57.4 Å². The molecule has 0 aliphatic carbocycles. The van der Waals surface area contributed by atoms with Crippen LogP contribution < -0.4 is 27.4 Å². The van der Waals surface area contributed by atoms with Gasteiger partial charge in [0.25, 0.3) is 0 Å². The number of carboxylic acid groups (broad SMARTS) is 1. The van der Waals surface area contributed by atoms with E-state index >= 15 is 0 Å². The monoisotopic (exact) mass is 549 g/mol. The van der Waals surface area contributed by atoms with Gasteiger partial charge in [0, 0.05) is 13.3 Å². The largest absolute Gasteiger partial charge is 0.480 e. The molecule has 0 aromatic carbocycles. The van der Waals surface area contributed by atoms with E-state index in [2.05, 4.69) is 16.0 Å². The average Bonchev–Trinajstić information content (AvgIpc) is 2.84. The highest BCUT2D eigenvalue weighted by atomic mass is 16.5. The molecular weight excluding hydrogens is 514 g/mol. The molecular formula is C21H35N5O12. The van der Waals surface area contributed by atoms with Gasteiger partial charge in [-0.3, -0.25) is 28.8 Å². The van der Waals surface area contributed by atoms with E-state index in [1.165, 1.54) is 6.92 Å². The number of nitrogens with two attached hydrogens (primary N) is 2. The van der Waals surface area contributed by atoms with Crippen LogP contribution in [-0.4, -0.2) is 112 Å². The number of aldehydes is 1. The van der Waals surface area contributed by atoms with Gasteiger partial charge in [-0.2, -0.15) is 0 Å². The van der Waals surface area contributed by atoms with Crippen LogP contribution in [0.25, 0.3) is 0 Å². The third-order valence-electron chi connectivity index (χ3n) is 5.27. The molecule has 0 fully saturated rings. The van der Waals surface area contributed by atoms with Crippen LogP contribution in [-0.2, 0) is 38.3 Å². The highest BCUT2D eigenvalue weighted by molar-refractivity contribution is 5.92. The molecule has 0 aliphatic rings. The average molecular weight is 550 g/mol. The Kier molecular flexibility index (Phi) is 15.3. The van der Waals surface area contributed by atoms with Crippen LogP contribution in [0.3, 0.4) is 0 Å². The summed E-state index contributed by atoms with van der Waals surface area (Å²) in [7, 11) is 0. The van der Waals surface area contributed by atoms with Crippen LogP contribution in [0.1, 0.15) is 33.1 Å². The topological polar surface area (TPSA) is 298 Å². The molecule has 0 rings (SSSR count). The number of hydrogen-bond acceptors (Lipinski definition) is 11. The summed E-state index contributed by atoms with van der Waals surface area (Å²) in [5.74, 6) is -7.55. The van der Waals surface area contributed by atoms with Gasteiger partial charge in [0.2, 0.25) is 29.5 Å². The Bertz CT molecular complexity index is 870. The minimum Gasteiger partial charge on any atom is -0.480 e. The fraction of sp³-hybridized carbons (Fsp3) is 0.667. The molecule has 3 unspecified atom stereocenters. The maximum Gasteiger partial charge on any atom is 0.322 e. The lowest BCUT2D eigenvalue weighted by Gasteiger charge is -2.34. The summed E-state index contributed by atoms with van der Waals surface area (Å²) in [6.07, 6.45) is -8.39. The summed E-state index contributed by atoms with van der Waals surface area (Å²) < 4.78 is 5.48. The molecule has 0 radical (unpaired) electrons. The second kappa shape index (κ2) is 17.0. The molecule has 0 spiro atoms. The zero-order valence-corrected chi connectivity index (χ0v) is 20.9. The number of nitrogens with one attached hydrogen (secondary N) is 3. The maximum absolute atomic E-state index is 13.0. The summed E-state index contributed by atoms with van der Waals surface area (Å²) in [6, 6.07) is -3.07. The first-order valence-corrected chi connectivity index (χ1v) is 11.4. The van der Waals surface area contributed by atoms with Crippen molar-refractivity contribution in [1.82, 2.24) is 16.0 Å². The van der Waals surface area contributed by atoms with Crippen LogP contribution >= 0.6 is 0 Å². The number of amides is 5. The Morgan fingerprint density at radius 1 is 1.03 bits per heavy atom. The predicted octanol–water partition coefficient (Wildman–Crippen LogP) is -5.38. The third-order valence-corrected chi connectivity index (χ3v) is 5.27. The van der Waals surface area contributed by atoms with E-state index in [9.17, 15) is 48.9 Å². The number of carboxylic acids is 1. The van der Waals surface area contributed by atoms with Gasteiger partial charge in [-0.1, -0.05) is 6.92 Å². The Morgan fingerprint density at radius 2 is 1.63 bits per heavy atom. The molecule has 0 saturated carbocycles. The quantitative estimate of drug-likeness (QED) is 0.0682. The number of aliphatic hydroxyl groups excluding tert-OH is 3. The summed E-state index contributed by atoms with van der Waals surface area (Å²) in [4.78, 5) is 82.4. The van der Waals surface area contributed by atoms with Crippen molar-refractivity contribution < 1.29 is 58.7 Å². The SMILES string of the molecule is CCC(C(=O)NC(CCC(=O)NCC(=O)O)C(N)=O)C(O[C@@H]([C@H](O)[C@H](O)CO)[C@H](C=O)NC(C)=O)C(N)=O. The number of carbonyl (C=O) groups excluding carboxylic acids is 6. The fourth-order valence-electron chi connectivity index (χ4n) is 3.30. The van der Waals surface area contributed by atoms with Crippen molar-refractivity contribution in [3.63, 3.8) is 0 Å². The lowest BCUT2D eigenvalue weighted by atomic mass is 9.95. The molecule has 216 valence electrons. The van der Waals surface area contributed by atoms with Crippen LogP contribution in [0.4, 0.5) is 0 Å². The van der Waals surface area contributed by atoms with Crippen molar-refractivity contribution in [2.24, 2.45) is 17.4 Å². The number of ether oxygens (including phenoxy) is 1. The molecule has 7 atom stereocenters. The van der Waals surface area contributed by atoms with Gasteiger partial charge >= 0.3 is 5.97 Å². The minimum atomic E-state index is -2.04. The zero-order valence-electron chi connectivity index (χ0n) is 20.9. The second-order valence-corrected chi connectivity index (χ2v) is 8.21. The molecule has 17 nitrogen and oxygen atoms in total. The number of aliphatic carboxylic acids is 1. The number of aliphatic hydroxyl groups is 3. The predicted molar refractivity (Wildman–Crippen MR) is 125 cm³/mol. The molecule has 17 heteroatoms. The van der Waals surface area contributed by atoms with Gasteiger partial charge in [-0.15, -0.1) is 0 Å². The molecule has 38 heavy (non-hydrogen) atoms. The Morgan fingerprint density at radius 3 is 2.05 bits per heavy atom. The summed E-state index contributed by atoms with van der Waals surface area (Å²) in [6.45, 7) is 0.801. The fourth-order valence-corrected chi connectivity index (χ4v) is 3.30. The van der Waals surface area contributed by atoms with Gasteiger partial charge in [-0.25, -0.2) is 0 Å². The first-order valence-electron chi connectivity index (χ1n) is 11.4. The van der Waals surface area contributed by atoms with E-state index in [0.717, 1.165) is 6.92 Å². The summed E-state index contributed by atoms with van der Waals surface area (Å²) >= 11 is 0. The summed E-state index contributed by atoms with van der Waals surface area (Å²) in [5, 5.41) is 44.5. The second-order valence-electron chi connectivity index (χ2n) is 8.21. The third kappa shape index (κ3) is 11.6. The van der Waals surface area contributed by atoms with E-state index in [1.54, 1.807) is 0 Å². The highest BCUT2D eigenvalue weighted by Crippen LogP contribution is 2.20.